The van der Waals surface area contributed by atoms with Crippen LogP contribution in [0, 0.1) is 0 Å². The quantitative estimate of drug-likeness (QED) is 0.139. The summed E-state index contributed by atoms with van der Waals surface area (Å²) in [5.41, 5.74) is -0.183. The maximum Gasteiger partial charge on any atom is 0.229 e. The third-order valence-electron chi connectivity index (χ3n) is 9.21. The summed E-state index contributed by atoms with van der Waals surface area (Å²) < 4.78 is 24.3. The van der Waals surface area contributed by atoms with Gasteiger partial charge in [-0.2, -0.15) is 0 Å². The molecule has 0 aliphatic carbocycles. The van der Waals surface area contributed by atoms with Gasteiger partial charge >= 0.3 is 0 Å². The molecule has 3 aliphatic rings. The summed E-state index contributed by atoms with van der Waals surface area (Å²) in [6.07, 6.45) is -11.4. The highest BCUT2D eigenvalue weighted by Crippen LogP contribution is 2.56. The summed E-state index contributed by atoms with van der Waals surface area (Å²) >= 11 is 0. The van der Waals surface area contributed by atoms with Gasteiger partial charge in [-0.3, -0.25) is 9.59 Å². The van der Waals surface area contributed by atoms with Crippen LogP contribution in [0.4, 0.5) is 0 Å². The van der Waals surface area contributed by atoms with Crippen molar-refractivity contribution in [2.45, 2.75) is 55.3 Å². The van der Waals surface area contributed by atoms with Gasteiger partial charge in [-0.05, 0) is 35.4 Å². The highest BCUT2D eigenvalue weighted by Gasteiger charge is 2.49. The Labute approximate surface area is 288 Å². The van der Waals surface area contributed by atoms with E-state index in [1.165, 1.54) is 48.5 Å². The Balaban J connectivity index is 1.47. The summed E-state index contributed by atoms with van der Waals surface area (Å²) in [6.45, 7) is -0.792. The summed E-state index contributed by atoms with van der Waals surface area (Å²) in [5, 5.41) is 93.8. The molecule has 15 nitrogen and oxygen atoms in total. The molecule has 266 valence electrons. The van der Waals surface area contributed by atoms with E-state index in [0.717, 1.165) is 18.2 Å². The molecule has 0 saturated carbocycles. The molecule has 3 unspecified atom stereocenters. The predicted octanol–water partition coefficient (Wildman–Crippen LogP) is 2.20. The van der Waals surface area contributed by atoms with Gasteiger partial charge in [0.15, 0.2) is 11.6 Å². The van der Waals surface area contributed by atoms with Crippen molar-refractivity contribution in [1.29, 1.82) is 0 Å². The van der Waals surface area contributed by atoms with Crippen molar-refractivity contribution >= 4 is 11.6 Å². The van der Waals surface area contributed by atoms with Crippen LogP contribution in [0.15, 0.2) is 66.7 Å². The highest BCUT2D eigenvalue weighted by molar-refractivity contribution is 6.09. The highest BCUT2D eigenvalue weighted by atomic mass is 16.7. The Morgan fingerprint density at radius 3 is 1.98 bits per heavy atom. The number of hydrogen-bond donors (Lipinski definition) is 9. The first-order valence-corrected chi connectivity index (χ1v) is 15.8. The van der Waals surface area contributed by atoms with Crippen molar-refractivity contribution in [1.82, 2.24) is 0 Å². The van der Waals surface area contributed by atoms with Crippen molar-refractivity contribution in [3.63, 3.8) is 0 Å². The van der Waals surface area contributed by atoms with Gasteiger partial charge in [0.1, 0.15) is 93.7 Å². The number of fused-ring (bicyclic) bond motifs is 2. The number of rotatable bonds is 6. The van der Waals surface area contributed by atoms with Crippen molar-refractivity contribution in [2.24, 2.45) is 0 Å². The van der Waals surface area contributed by atoms with E-state index >= 15 is 0 Å². The lowest BCUT2D eigenvalue weighted by atomic mass is 9.78. The van der Waals surface area contributed by atoms with Crippen LogP contribution in [0.1, 0.15) is 62.0 Å². The third-order valence-corrected chi connectivity index (χ3v) is 9.21. The fourth-order valence-electron chi connectivity index (χ4n) is 6.67. The summed E-state index contributed by atoms with van der Waals surface area (Å²) in [7, 11) is 0. The van der Waals surface area contributed by atoms with Gasteiger partial charge in [0.2, 0.25) is 6.29 Å². The number of carbonyl (C=O) groups excluding carboxylic acids is 2. The lowest BCUT2D eigenvalue weighted by Crippen LogP contribution is -2.60. The van der Waals surface area contributed by atoms with Crippen LogP contribution in [0.2, 0.25) is 0 Å². The number of Topliss-reactive ketones (excluding diaryl/α,β-unsaturated/α-hetero) is 2. The molecule has 1 saturated heterocycles. The Kier molecular flexibility index (Phi) is 8.61. The largest absolute Gasteiger partial charge is 0.508 e. The van der Waals surface area contributed by atoms with E-state index in [1.807, 2.05) is 0 Å². The van der Waals surface area contributed by atoms with Gasteiger partial charge < -0.3 is 64.9 Å². The maximum absolute atomic E-state index is 14.7. The number of carbonyl (C=O) groups is 2. The molecule has 0 radical (unpaired) electrons. The molecule has 0 amide bonds. The number of phenols is 5. The predicted molar refractivity (Wildman–Crippen MR) is 171 cm³/mol. The van der Waals surface area contributed by atoms with Crippen LogP contribution >= 0.6 is 0 Å². The van der Waals surface area contributed by atoms with E-state index in [4.69, 9.17) is 18.9 Å². The lowest BCUT2D eigenvalue weighted by molar-refractivity contribution is -0.277. The Bertz CT molecular complexity index is 1990. The molecule has 8 atom stereocenters. The first-order valence-electron chi connectivity index (χ1n) is 15.8. The minimum absolute atomic E-state index is 0.0546. The molecule has 7 rings (SSSR count). The number of aliphatic hydroxyl groups excluding tert-OH is 4. The van der Waals surface area contributed by atoms with Crippen LogP contribution in [-0.4, -0.2) is 94.8 Å². The first kappa shape index (κ1) is 33.9. The maximum atomic E-state index is 14.7. The van der Waals surface area contributed by atoms with Crippen LogP contribution in [0.25, 0.3) is 0 Å². The lowest BCUT2D eigenvalue weighted by Gasteiger charge is -2.41. The first-order chi connectivity index (χ1) is 24.4. The molecule has 3 aliphatic heterocycles. The van der Waals surface area contributed by atoms with Crippen LogP contribution in [0.3, 0.4) is 0 Å². The van der Waals surface area contributed by atoms with Crippen molar-refractivity contribution in [2.75, 3.05) is 6.61 Å². The van der Waals surface area contributed by atoms with Gasteiger partial charge in [-0.15, -0.1) is 0 Å². The van der Waals surface area contributed by atoms with E-state index in [0.29, 0.717) is 5.56 Å². The molecule has 1 fully saturated rings. The smallest absolute Gasteiger partial charge is 0.229 e. The number of ether oxygens (including phenoxy) is 4. The minimum Gasteiger partial charge on any atom is -0.508 e. The molecule has 9 N–H and O–H groups in total. The van der Waals surface area contributed by atoms with Gasteiger partial charge in [-0.25, -0.2) is 0 Å². The molecule has 0 aromatic heterocycles. The molecular weight excluding hydrogens is 672 g/mol. The fraction of sp³-hybridized carbons (Fsp3) is 0.278. The zero-order valence-corrected chi connectivity index (χ0v) is 26.4. The van der Waals surface area contributed by atoms with E-state index in [2.05, 4.69) is 0 Å². The number of phenolic OH excluding ortho intramolecular Hbond substituents is 5. The second-order valence-corrected chi connectivity index (χ2v) is 12.5. The van der Waals surface area contributed by atoms with E-state index in [9.17, 15) is 55.5 Å². The second kappa shape index (κ2) is 12.9. The number of aromatic hydroxyl groups is 5. The fourth-order valence-corrected chi connectivity index (χ4v) is 6.67. The molecule has 51 heavy (non-hydrogen) atoms. The van der Waals surface area contributed by atoms with Gasteiger partial charge in [0.05, 0.1) is 24.5 Å². The number of aliphatic hydroxyl groups is 4. The number of benzene rings is 4. The van der Waals surface area contributed by atoms with Crippen molar-refractivity contribution in [3.8, 4) is 46.0 Å². The van der Waals surface area contributed by atoms with Gasteiger partial charge in [0, 0.05) is 18.2 Å². The average molecular weight is 705 g/mol. The summed E-state index contributed by atoms with van der Waals surface area (Å²) in [5.74, 6) is -5.85. The standard InChI is InChI=1S/C36H32O15/c37-13-25-30(44)32(46)33(47)36(51-25)50-24-12-21(43)26-20(42)11-22(14-1-5-16(38)6-2-14)48-35(26)28(24)29-31(45)27-19(41)9-18(40)10-23(27)49-34(29)15-3-7-17(39)8-4-15/h1-10,12,22,25,29-30,32-34,36-41,43-44,46-47H,11,13H2/t22?,25-,29?,30-,32-,33-,34?,36-/m1/s1. The van der Waals surface area contributed by atoms with Crippen molar-refractivity contribution in [3.05, 3.63) is 94.5 Å². The zero-order valence-electron chi connectivity index (χ0n) is 26.4. The third kappa shape index (κ3) is 5.90. The molecule has 0 bridgehead atoms. The Morgan fingerprint density at radius 2 is 1.33 bits per heavy atom. The monoisotopic (exact) mass is 704 g/mol. The van der Waals surface area contributed by atoms with Crippen molar-refractivity contribution < 1.29 is 74.5 Å². The number of ketones is 2. The topological polar surface area (TPSA) is 253 Å². The molecular formula is C36H32O15. The zero-order chi connectivity index (χ0) is 36.3. The van der Waals surface area contributed by atoms with E-state index in [-0.39, 0.29) is 51.7 Å². The molecule has 3 heterocycles. The molecule has 0 spiro atoms. The van der Waals surface area contributed by atoms with Crippen LogP contribution in [-0.2, 0) is 4.74 Å². The Hall–Kier alpha value is -5.58. The summed E-state index contributed by atoms with van der Waals surface area (Å²) in [6, 6.07) is 14.4. The minimum atomic E-state index is -1.93. The summed E-state index contributed by atoms with van der Waals surface area (Å²) in [4.78, 5) is 28.5. The Morgan fingerprint density at radius 1 is 0.706 bits per heavy atom. The molecule has 15 heteroatoms. The van der Waals surface area contributed by atoms with Crippen LogP contribution < -0.4 is 14.2 Å². The van der Waals surface area contributed by atoms with Gasteiger partial charge in [-0.1, -0.05) is 24.3 Å². The molecule has 4 aromatic carbocycles. The average Bonchev–Trinajstić information content (AvgIpc) is 3.09. The normalized spacial score (nSPS) is 27.1. The number of hydrogen-bond acceptors (Lipinski definition) is 15. The molecule has 4 aromatic rings. The van der Waals surface area contributed by atoms with E-state index in [1.54, 1.807) is 0 Å². The second-order valence-electron chi connectivity index (χ2n) is 12.5. The SMILES string of the molecule is O=C1CC(c2ccc(O)cc2)Oc2c1c(O)cc(O[C@@H]1O[C@H](CO)[C@@H](O)[C@@H](O)[C@H]1O)c2C1C(=O)c2c(O)cc(O)cc2OC1c1ccc(O)cc1. The van der Waals surface area contributed by atoms with E-state index < -0.39 is 90.0 Å². The van der Waals surface area contributed by atoms with Gasteiger partial charge in [0.25, 0.3) is 0 Å². The van der Waals surface area contributed by atoms with Crippen LogP contribution in [0.5, 0.6) is 46.0 Å².